The van der Waals surface area contributed by atoms with Crippen LogP contribution in [0.25, 0.3) is 0 Å². The van der Waals surface area contributed by atoms with Crippen LogP contribution in [0.3, 0.4) is 0 Å². The third-order valence-corrected chi connectivity index (χ3v) is 7.36. The largest absolute Gasteiger partial charge is 0.426 e. The maximum absolute atomic E-state index is 12.9. The zero-order chi connectivity index (χ0) is 27.2. The lowest BCUT2D eigenvalue weighted by Crippen LogP contribution is -2.21. The third-order valence-electron chi connectivity index (χ3n) is 7.36. The van der Waals surface area contributed by atoms with E-state index < -0.39 is 0 Å². The van der Waals surface area contributed by atoms with Crippen LogP contribution in [0.4, 0.5) is 0 Å². The van der Waals surface area contributed by atoms with Crippen molar-refractivity contribution < 1.29 is 19.1 Å². The zero-order valence-corrected chi connectivity index (χ0v) is 24.1. The van der Waals surface area contributed by atoms with Gasteiger partial charge in [0.05, 0.1) is 0 Å². The van der Waals surface area contributed by atoms with Crippen molar-refractivity contribution in [1.29, 1.82) is 0 Å². The summed E-state index contributed by atoms with van der Waals surface area (Å²) >= 11 is 0. The number of ether oxygens (including phenoxy) is 2. The van der Waals surface area contributed by atoms with Gasteiger partial charge in [0.15, 0.2) is 0 Å². The normalized spacial score (nSPS) is 17.3. The van der Waals surface area contributed by atoms with Gasteiger partial charge in [-0.25, -0.2) is 0 Å². The molecule has 0 radical (unpaired) electrons. The molecule has 0 heterocycles. The Labute approximate surface area is 225 Å². The maximum Gasteiger partial charge on any atom is 0.311 e. The van der Waals surface area contributed by atoms with Crippen molar-refractivity contribution >= 4 is 11.9 Å². The number of aryl methyl sites for hydroxylation is 1. The van der Waals surface area contributed by atoms with Crippen LogP contribution in [0.15, 0.2) is 35.9 Å². The minimum absolute atomic E-state index is 0.0483. The average Bonchev–Trinajstić information content (AvgIpc) is 2.84. The molecular formula is C33H50O4. The van der Waals surface area contributed by atoms with E-state index >= 15 is 0 Å². The van der Waals surface area contributed by atoms with Crippen LogP contribution in [0.5, 0.6) is 11.5 Å². The van der Waals surface area contributed by atoms with Crippen LogP contribution in [0.2, 0.25) is 0 Å². The Kier molecular flexibility index (Phi) is 13.7. The second-order valence-electron chi connectivity index (χ2n) is 10.9. The predicted octanol–water partition coefficient (Wildman–Crippen LogP) is 9.41. The first-order valence-corrected chi connectivity index (χ1v) is 14.7. The summed E-state index contributed by atoms with van der Waals surface area (Å²) in [6.07, 6.45) is 14.9. The molecular weight excluding hydrogens is 460 g/mol. The molecule has 206 valence electrons. The standard InChI is InChI=1S/C33H50O4/c1-7-10-13-16-26-22-29(36-31(34)17-14-11-8-2)33(28-21-25(6)19-20-27(28)24(4)5)30(23-26)37-32(35)18-15-12-9-3/h21-23,27-28H,4,7-20H2,1-3,5-6H3/t27-,28+/m0/s1. The van der Waals surface area contributed by atoms with E-state index in [1.54, 1.807) is 0 Å². The van der Waals surface area contributed by atoms with Crippen LogP contribution < -0.4 is 9.47 Å². The van der Waals surface area contributed by atoms with E-state index in [1.165, 1.54) is 5.57 Å². The van der Waals surface area contributed by atoms with Crippen molar-refractivity contribution in [3.8, 4) is 11.5 Å². The van der Waals surface area contributed by atoms with Gasteiger partial charge in [0.2, 0.25) is 0 Å². The summed E-state index contributed by atoms with van der Waals surface area (Å²) in [5.41, 5.74) is 4.27. The molecule has 0 unspecified atom stereocenters. The fourth-order valence-corrected chi connectivity index (χ4v) is 5.17. The molecule has 1 aliphatic carbocycles. The fourth-order valence-electron chi connectivity index (χ4n) is 5.17. The first kappa shape index (κ1) is 30.9. The van der Waals surface area contributed by atoms with Gasteiger partial charge in [0.1, 0.15) is 11.5 Å². The molecule has 1 aliphatic rings. The lowest BCUT2D eigenvalue weighted by Gasteiger charge is -2.32. The monoisotopic (exact) mass is 510 g/mol. The van der Waals surface area contributed by atoms with Gasteiger partial charge in [0.25, 0.3) is 0 Å². The Morgan fingerprint density at radius 2 is 1.38 bits per heavy atom. The van der Waals surface area contributed by atoms with Crippen molar-refractivity contribution in [2.75, 3.05) is 0 Å². The van der Waals surface area contributed by atoms with Crippen molar-refractivity contribution in [1.82, 2.24) is 0 Å². The number of hydrogen-bond acceptors (Lipinski definition) is 4. The van der Waals surface area contributed by atoms with Crippen LogP contribution in [-0.2, 0) is 16.0 Å². The molecule has 4 heteroatoms. The van der Waals surface area contributed by atoms with Gasteiger partial charge in [-0.15, -0.1) is 0 Å². The summed E-state index contributed by atoms with van der Waals surface area (Å²) in [7, 11) is 0. The molecule has 4 nitrogen and oxygen atoms in total. The molecule has 0 spiro atoms. The van der Waals surface area contributed by atoms with Crippen molar-refractivity contribution in [3.63, 3.8) is 0 Å². The van der Waals surface area contributed by atoms with E-state index in [0.29, 0.717) is 24.3 Å². The first-order chi connectivity index (χ1) is 17.8. The lowest BCUT2D eigenvalue weighted by molar-refractivity contribution is -0.135. The Bertz CT molecular complexity index is 881. The second kappa shape index (κ2) is 16.5. The van der Waals surface area contributed by atoms with Gasteiger partial charge in [-0.3, -0.25) is 9.59 Å². The fraction of sp³-hybridized carbons (Fsp3) is 0.636. The summed E-state index contributed by atoms with van der Waals surface area (Å²) in [4.78, 5) is 25.8. The van der Waals surface area contributed by atoms with Crippen molar-refractivity contribution in [2.45, 2.75) is 130 Å². The third kappa shape index (κ3) is 10.1. The van der Waals surface area contributed by atoms with E-state index in [-0.39, 0.29) is 23.8 Å². The number of benzene rings is 1. The quantitative estimate of drug-likeness (QED) is 0.0961. The molecule has 1 aromatic rings. The van der Waals surface area contributed by atoms with Gasteiger partial charge in [0, 0.05) is 24.3 Å². The Balaban J connectivity index is 2.57. The number of allylic oxidation sites excluding steroid dienone is 3. The van der Waals surface area contributed by atoms with Crippen LogP contribution in [0, 0.1) is 5.92 Å². The summed E-state index contributed by atoms with van der Waals surface area (Å²) < 4.78 is 12.2. The van der Waals surface area contributed by atoms with Gasteiger partial charge in [-0.2, -0.15) is 0 Å². The van der Waals surface area contributed by atoms with E-state index in [1.807, 2.05) is 12.1 Å². The minimum Gasteiger partial charge on any atom is -0.426 e. The molecule has 0 bridgehead atoms. The van der Waals surface area contributed by atoms with E-state index in [9.17, 15) is 9.59 Å². The van der Waals surface area contributed by atoms with Crippen molar-refractivity contribution in [2.24, 2.45) is 5.92 Å². The lowest BCUT2D eigenvalue weighted by atomic mass is 9.73. The Hall–Kier alpha value is -2.36. The number of carbonyl (C=O) groups is 2. The molecule has 2 rings (SSSR count). The maximum atomic E-state index is 12.9. The summed E-state index contributed by atoms with van der Waals surface area (Å²) in [6.45, 7) is 14.9. The molecule has 0 aromatic heterocycles. The van der Waals surface area contributed by atoms with Crippen molar-refractivity contribution in [3.05, 3.63) is 47.1 Å². The second-order valence-corrected chi connectivity index (χ2v) is 10.9. The van der Waals surface area contributed by atoms with Gasteiger partial charge in [-0.05, 0) is 76.0 Å². The Morgan fingerprint density at radius 1 is 0.865 bits per heavy atom. The number of hydrogen-bond donors (Lipinski definition) is 0. The van der Waals surface area contributed by atoms with Crippen LogP contribution >= 0.6 is 0 Å². The van der Waals surface area contributed by atoms with Crippen LogP contribution in [-0.4, -0.2) is 11.9 Å². The van der Waals surface area contributed by atoms with Gasteiger partial charge < -0.3 is 9.47 Å². The molecule has 37 heavy (non-hydrogen) atoms. The topological polar surface area (TPSA) is 52.6 Å². The molecule has 0 saturated carbocycles. The zero-order valence-electron chi connectivity index (χ0n) is 24.1. The molecule has 0 saturated heterocycles. The molecule has 1 aromatic carbocycles. The highest BCUT2D eigenvalue weighted by molar-refractivity contribution is 5.76. The smallest absolute Gasteiger partial charge is 0.311 e. The molecule has 0 fully saturated rings. The minimum atomic E-state index is -0.219. The Morgan fingerprint density at radius 3 is 1.86 bits per heavy atom. The molecule has 0 aliphatic heterocycles. The van der Waals surface area contributed by atoms with Gasteiger partial charge in [-0.1, -0.05) is 83.1 Å². The SMILES string of the molecule is C=C(C)[C@@H]1CCC(C)=C[C@H]1c1c(OC(=O)CCCCC)cc(CCCCC)cc1OC(=O)CCCCC. The number of esters is 2. The molecule has 0 N–H and O–H groups in total. The summed E-state index contributed by atoms with van der Waals surface area (Å²) in [5.74, 6) is 0.814. The summed E-state index contributed by atoms with van der Waals surface area (Å²) in [6, 6.07) is 4.04. The first-order valence-electron chi connectivity index (χ1n) is 14.7. The number of carbonyl (C=O) groups excluding carboxylic acids is 2. The molecule has 2 atom stereocenters. The average molecular weight is 511 g/mol. The highest BCUT2D eigenvalue weighted by atomic mass is 16.5. The van der Waals surface area contributed by atoms with E-state index in [4.69, 9.17) is 9.47 Å². The van der Waals surface area contributed by atoms with Crippen LogP contribution in [0.1, 0.15) is 135 Å². The molecule has 0 amide bonds. The highest BCUT2D eigenvalue weighted by Crippen LogP contribution is 2.47. The highest BCUT2D eigenvalue weighted by Gasteiger charge is 2.32. The summed E-state index contributed by atoms with van der Waals surface area (Å²) in [5, 5.41) is 0. The number of rotatable bonds is 16. The van der Waals surface area contributed by atoms with Gasteiger partial charge >= 0.3 is 11.9 Å². The predicted molar refractivity (Wildman–Crippen MR) is 153 cm³/mol. The number of unbranched alkanes of at least 4 members (excludes halogenated alkanes) is 6. The van der Waals surface area contributed by atoms with E-state index in [2.05, 4.69) is 47.3 Å². The van der Waals surface area contributed by atoms with E-state index in [0.717, 1.165) is 93.7 Å².